The molecule has 0 bridgehead atoms. The van der Waals surface area contributed by atoms with Crippen molar-refractivity contribution in [3.05, 3.63) is 5.01 Å². The van der Waals surface area contributed by atoms with E-state index in [1.807, 2.05) is 6.92 Å². The average Bonchev–Trinajstić information content (AvgIpc) is 2.91. The van der Waals surface area contributed by atoms with Crippen LogP contribution in [0.2, 0.25) is 0 Å². The largest absolute Gasteiger partial charge is 0.346 e. The molecule has 0 radical (unpaired) electrons. The Morgan fingerprint density at radius 2 is 1.82 bits per heavy atom. The van der Waals surface area contributed by atoms with Gasteiger partial charge in [-0.1, -0.05) is 11.3 Å². The second kappa shape index (κ2) is 4.21. The van der Waals surface area contributed by atoms with Crippen LogP contribution in [0.3, 0.4) is 0 Å². The molecule has 2 aliphatic rings. The van der Waals surface area contributed by atoms with Crippen LogP contribution in [0.15, 0.2) is 0 Å². The number of hydrogen-bond donors (Lipinski definition) is 0. The lowest BCUT2D eigenvalue weighted by atomic mass is 9.78. The summed E-state index contributed by atoms with van der Waals surface area (Å²) < 4.78 is 0. The average molecular weight is 252 g/mol. The Morgan fingerprint density at radius 3 is 2.47 bits per heavy atom. The highest BCUT2D eigenvalue weighted by molar-refractivity contribution is 7.15. The number of rotatable bonds is 1. The van der Waals surface area contributed by atoms with Crippen molar-refractivity contribution in [1.82, 2.24) is 15.1 Å². The maximum Gasteiger partial charge on any atom is 0.208 e. The molecule has 3 rings (SSSR count). The number of hydrogen-bond acceptors (Lipinski definition) is 5. The summed E-state index contributed by atoms with van der Waals surface area (Å²) in [6, 6.07) is 0. The van der Waals surface area contributed by atoms with Crippen LogP contribution in [0.25, 0.3) is 0 Å². The van der Waals surface area contributed by atoms with E-state index in [0.29, 0.717) is 5.41 Å². The highest BCUT2D eigenvalue weighted by atomic mass is 32.1. The summed E-state index contributed by atoms with van der Waals surface area (Å²) >= 11 is 1.73. The molecule has 0 aromatic carbocycles. The molecule has 94 valence electrons. The minimum absolute atomic E-state index is 0.562. The fourth-order valence-electron chi connectivity index (χ4n) is 3.01. The van der Waals surface area contributed by atoms with Crippen LogP contribution in [-0.2, 0) is 0 Å². The number of piperidine rings is 1. The summed E-state index contributed by atoms with van der Waals surface area (Å²) in [7, 11) is 2.23. The quantitative estimate of drug-likeness (QED) is 0.762. The van der Waals surface area contributed by atoms with Crippen molar-refractivity contribution < 1.29 is 0 Å². The predicted octanol–water partition coefficient (Wildman–Crippen LogP) is 1.77. The highest BCUT2D eigenvalue weighted by Gasteiger charge is 2.40. The van der Waals surface area contributed by atoms with E-state index in [9.17, 15) is 0 Å². The van der Waals surface area contributed by atoms with Gasteiger partial charge in [0, 0.05) is 13.1 Å². The second-order valence-corrected chi connectivity index (χ2v) is 6.74. The summed E-state index contributed by atoms with van der Waals surface area (Å²) in [6.45, 7) is 6.89. The lowest BCUT2D eigenvalue weighted by molar-refractivity contribution is 0.142. The van der Waals surface area contributed by atoms with Crippen LogP contribution in [-0.4, -0.2) is 48.3 Å². The summed E-state index contributed by atoms with van der Waals surface area (Å²) in [5, 5.41) is 10.6. The van der Waals surface area contributed by atoms with E-state index in [4.69, 9.17) is 0 Å². The third-order valence-electron chi connectivity index (χ3n) is 4.27. The molecular weight excluding hydrogens is 232 g/mol. The van der Waals surface area contributed by atoms with E-state index < -0.39 is 0 Å². The smallest absolute Gasteiger partial charge is 0.208 e. The van der Waals surface area contributed by atoms with Crippen molar-refractivity contribution in [3.8, 4) is 0 Å². The molecule has 2 saturated heterocycles. The van der Waals surface area contributed by atoms with Crippen LogP contribution in [0.4, 0.5) is 5.13 Å². The molecule has 0 saturated carbocycles. The van der Waals surface area contributed by atoms with Crippen LogP contribution in [0.1, 0.15) is 24.3 Å². The van der Waals surface area contributed by atoms with Gasteiger partial charge in [-0.15, -0.1) is 10.2 Å². The van der Waals surface area contributed by atoms with E-state index in [2.05, 4.69) is 27.0 Å². The number of aromatic nitrogens is 2. The van der Waals surface area contributed by atoms with Crippen molar-refractivity contribution >= 4 is 16.5 Å². The molecule has 1 spiro atoms. The van der Waals surface area contributed by atoms with Gasteiger partial charge in [0.15, 0.2) is 0 Å². The van der Waals surface area contributed by atoms with Crippen molar-refractivity contribution in [2.45, 2.75) is 26.2 Å². The first-order valence-corrected chi connectivity index (χ1v) is 7.22. The standard InChI is InChI=1S/C12H20N4S/c1-10-13-14-11(17-10)16-8-5-12(9-16)3-6-15(2)7-4-12/h3-9H2,1-2H3. The van der Waals surface area contributed by atoms with Gasteiger partial charge < -0.3 is 9.80 Å². The summed E-state index contributed by atoms with van der Waals surface area (Å²) in [6.07, 6.45) is 4.02. The van der Waals surface area contributed by atoms with Gasteiger partial charge in [0.1, 0.15) is 5.01 Å². The van der Waals surface area contributed by atoms with Gasteiger partial charge in [-0.05, 0) is 51.7 Å². The van der Waals surface area contributed by atoms with Gasteiger partial charge in [0.05, 0.1) is 0 Å². The van der Waals surface area contributed by atoms with E-state index in [1.54, 1.807) is 11.3 Å². The fraction of sp³-hybridized carbons (Fsp3) is 0.833. The van der Waals surface area contributed by atoms with E-state index in [0.717, 1.165) is 10.1 Å². The molecule has 5 heteroatoms. The molecule has 2 fully saturated rings. The molecule has 4 nitrogen and oxygen atoms in total. The van der Waals surface area contributed by atoms with Crippen molar-refractivity contribution in [2.24, 2.45) is 5.41 Å². The zero-order valence-corrected chi connectivity index (χ0v) is 11.5. The fourth-order valence-corrected chi connectivity index (χ4v) is 3.73. The molecule has 1 aromatic rings. The van der Waals surface area contributed by atoms with Crippen molar-refractivity contribution in [1.29, 1.82) is 0 Å². The van der Waals surface area contributed by atoms with Gasteiger partial charge in [-0.3, -0.25) is 0 Å². The predicted molar refractivity (Wildman–Crippen MR) is 70.6 cm³/mol. The molecule has 17 heavy (non-hydrogen) atoms. The van der Waals surface area contributed by atoms with E-state index in [-0.39, 0.29) is 0 Å². The Balaban J connectivity index is 1.69. The monoisotopic (exact) mass is 252 g/mol. The maximum atomic E-state index is 4.27. The molecule has 2 aliphatic heterocycles. The van der Waals surface area contributed by atoms with Crippen LogP contribution >= 0.6 is 11.3 Å². The van der Waals surface area contributed by atoms with E-state index in [1.165, 1.54) is 45.4 Å². The van der Waals surface area contributed by atoms with Gasteiger partial charge in [0.25, 0.3) is 0 Å². The first kappa shape index (κ1) is 11.4. The Kier molecular flexibility index (Phi) is 2.83. The van der Waals surface area contributed by atoms with Gasteiger partial charge in [-0.25, -0.2) is 0 Å². The maximum absolute atomic E-state index is 4.27. The lowest BCUT2D eigenvalue weighted by Crippen LogP contribution is -2.39. The Labute approximate surface area is 107 Å². The number of likely N-dealkylation sites (tertiary alicyclic amines) is 1. The van der Waals surface area contributed by atoms with E-state index >= 15 is 0 Å². The highest BCUT2D eigenvalue weighted by Crippen LogP contribution is 2.41. The Morgan fingerprint density at radius 1 is 1.12 bits per heavy atom. The molecule has 0 amide bonds. The second-order valence-electron chi connectivity index (χ2n) is 5.58. The Bertz CT molecular complexity index is 395. The van der Waals surface area contributed by atoms with Crippen LogP contribution in [0, 0.1) is 12.3 Å². The number of nitrogens with zero attached hydrogens (tertiary/aromatic N) is 4. The molecular formula is C12H20N4S. The van der Waals surface area contributed by atoms with Crippen LogP contribution < -0.4 is 4.90 Å². The first-order chi connectivity index (χ1) is 8.17. The molecule has 0 aliphatic carbocycles. The molecule has 0 atom stereocenters. The summed E-state index contributed by atoms with van der Waals surface area (Å²) in [4.78, 5) is 4.89. The van der Waals surface area contributed by atoms with Crippen molar-refractivity contribution in [2.75, 3.05) is 38.1 Å². The van der Waals surface area contributed by atoms with Gasteiger partial charge in [-0.2, -0.15) is 0 Å². The lowest BCUT2D eigenvalue weighted by Gasteiger charge is -2.37. The SMILES string of the molecule is Cc1nnc(N2CCC3(CCN(C)CC3)C2)s1. The Hall–Kier alpha value is -0.680. The first-order valence-electron chi connectivity index (χ1n) is 6.41. The summed E-state index contributed by atoms with van der Waals surface area (Å²) in [5.41, 5.74) is 0.562. The number of anilines is 1. The van der Waals surface area contributed by atoms with Crippen LogP contribution in [0.5, 0.6) is 0 Å². The third kappa shape index (κ3) is 2.18. The summed E-state index contributed by atoms with van der Waals surface area (Å²) in [5.74, 6) is 0. The number of aryl methyl sites for hydroxylation is 1. The molecule has 3 heterocycles. The molecule has 1 aromatic heterocycles. The van der Waals surface area contributed by atoms with Crippen molar-refractivity contribution in [3.63, 3.8) is 0 Å². The zero-order valence-electron chi connectivity index (χ0n) is 10.6. The topological polar surface area (TPSA) is 32.3 Å². The minimum atomic E-state index is 0.562. The van der Waals surface area contributed by atoms with Gasteiger partial charge in [0.2, 0.25) is 5.13 Å². The normalized spacial score (nSPS) is 24.7. The third-order valence-corrected chi connectivity index (χ3v) is 5.17. The molecule has 0 N–H and O–H groups in total. The minimum Gasteiger partial charge on any atom is -0.346 e. The van der Waals surface area contributed by atoms with Gasteiger partial charge >= 0.3 is 0 Å². The molecule has 0 unspecified atom stereocenters. The zero-order chi connectivity index (χ0) is 11.9.